The smallest absolute Gasteiger partial charge is 0.241 e. The first kappa shape index (κ1) is 8.45. The van der Waals surface area contributed by atoms with E-state index in [0.717, 1.165) is 5.69 Å². The molecule has 0 fully saturated rings. The molecule has 0 saturated heterocycles. The Morgan fingerprint density at radius 2 is 2.09 bits per heavy atom. The minimum Gasteiger partial charge on any atom is -0.292 e. The van der Waals surface area contributed by atoms with Gasteiger partial charge in [-0.05, 0) is 13.0 Å². The number of aryl methyl sites for hydroxylation is 1. The molecule has 1 heterocycles. The first-order chi connectivity index (χ1) is 5.00. The summed E-state index contributed by atoms with van der Waals surface area (Å²) >= 11 is 0. The molecule has 0 atom stereocenters. The largest absolute Gasteiger partial charge is 0.292 e. The second-order valence-electron chi connectivity index (χ2n) is 2.31. The number of aromatic nitrogens is 2. The van der Waals surface area contributed by atoms with E-state index in [4.69, 9.17) is 9.11 Å². The molecule has 0 bridgehead atoms. The van der Waals surface area contributed by atoms with Crippen molar-refractivity contribution in [1.29, 1.82) is 0 Å². The summed E-state index contributed by atoms with van der Waals surface area (Å²) in [4.78, 5) is 7.61. The molecule has 2 N–H and O–H groups in total. The number of hydrogen-bond acceptors (Lipinski definition) is 4. The quantitative estimate of drug-likeness (QED) is 0.633. The molecule has 0 aliphatic rings. The number of rotatable bonds is 1. The van der Waals surface area contributed by atoms with Crippen molar-refractivity contribution >= 4 is 10.6 Å². The van der Waals surface area contributed by atoms with E-state index in [2.05, 4.69) is 9.97 Å². The molecule has 0 amide bonds. The topological polar surface area (TPSA) is 66.2 Å². The Bertz CT molecular complexity index is 259. The summed E-state index contributed by atoms with van der Waals surface area (Å²) in [6.45, 7) is 1.77. The molecule has 0 spiro atoms. The SMILES string of the molecule is Cc1ccnc(S(C)(O)O)n1. The van der Waals surface area contributed by atoms with Gasteiger partial charge >= 0.3 is 0 Å². The summed E-state index contributed by atoms with van der Waals surface area (Å²) in [6, 6.07) is 1.70. The van der Waals surface area contributed by atoms with Crippen molar-refractivity contribution in [2.75, 3.05) is 6.26 Å². The van der Waals surface area contributed by atoms with Gasteiger partial charge in [0.05, 0.1) is 0 Å². The van der Waals surface area contributed by atoms with Gasteiger partial charge in [0, 0.05) is 18.1 Å². The van der Waals surface area contributed by atoms with E-state index < -0.39 is 10.6 Å². The third-order valence-electron chi connectivity index (χ3n) is 1.12. The lowest BCUT2D eigenvalue weighted by molar-refractivity contribution is 0.484. The fourth-order valence-electron chi connectivity index (χ4n) is 0.612. The van der Waals surface area contributed by atoms with E-state index in [0.29, 0.717) is 0 Å². The second kappa shape index (κ2) is 2.77. The zero-order valence-electron chi connectivity index (χ0n) is 6.35. The van der Waals surface area contributed by atoms with Crippen LogP contribution in [0.4, 0.5) is 0 Å². The Kier molecular flexibility index (Phi) is 2.12. The predicted molar refractivity (Wildman–Crippen MR) is 43.8 cm³/mol. The fourth-order valence-corrected chi connectivity index (χ4v) is 1.19. The highest BCUT2D eigenvalue weighted by atomic mass is 32.3. The molecule has 0 aliphatic heterocycles. The third kappa shape index (κ3) is 2.14. The Morgan fingerprint density at radius 3 is 2.45 bits per heavy atom. The first-order valence-corrected chi connectivity index (χ1v) is 4.98. The van der Waals surface area contributed by atoms with Crippen LogP contribution in [0.5, 0.6) is 0 Å². The summed E-state index contributed by atoms with van der Waals surface area (Å²) in [6.07, 6.45) is 2.82. The number of hydrogen-bond donors (Lipinski definition) is 2. The van der Waals surface area contributed by atoms with Gasteiger partial charge in [-0.25, -0.2) is 9.97 Å². The summed E-state index contributed by atoms with van der Waals surface area (Å²) in [7, 11) is -2.75. The lowest BCUT2D eigenvalue weighted by Gasteiger charge is -2.23. The van der Waals surface area contributed by atoms with E-state index in [1.165, 1.54) is 12.5 Å². The van der Waals surface area contributed by atoms with Crippen molar-refractivity contribution < 1.29 is 9.11 Å². The van der Waals surface area contributed by atoms with Crippen LogP contribution in [0.15, 0.2) is 17.4 Å². The summed E-state index contributed by atoms with van der Waals surface area (Å²) in [5.74, 6) is 0. The Labute approximate surface area is 66.7 Å². The molecule has 1 aromatic heterocycles. The van der Waals surface area contributed by atoms with Crippen LogP contribution in [0.3, 0.4) is 0 Å². The molecule has 1 rings (SSSR count). The lowest BCUT2D eigenvalue weighted by Crippen LogP contribution is -2.01. The van der Waals surface area contributed by atoms with Gasteiger partial charge < -0.3 is 0 Å². The minimum absolute atomic E-state index is 0.109. The van der Waals surface area contributed by atoms with Crippen LogP contribution in [-0.2, 0) is 0 Å². The molecule has 0 radical (unpaired) electrons. The van der Waals surface area contributed by atoms with Crippen molar-refractivity contribution in [3.63, 3.8) is 0 Å². The van der Waals surface area contributed by atoms with Crippen molar-refractivity contribution in [2.24, 2.45) is 0 Å². The van der Waals surface area contributed by atoms with Crippen LogP contribution in [0.1, 0.15) is 5.69 Å². The maximum atomic E-state index is 9.13. The van der Waals surface area contributed by atoms with E-state index in [1.54, 1.807) is 13.0 Å². The van der Waals surface area contributed by atoms with Crippen LogP contribution < -0.4 is 0 Å². The molecular weight excluding hydrogens is 164 g/mol. The summed E-state index contributed by atoms with van der Waals surface area (Å²) in [5, 5.41) is 0.109. The van der Waals surface area contributed by atoms with Crippen LogP contribution in [0.2, 0.25) is 0 Å². The molecule has 0 aromatic carbocycles. The normalized spacial score (nSPS) is 13.1. The molecule has 0 saturated carbocycles. The monoisotopic (exact) mass is 174 g/mol. The summed E-state index contributed by atoms with van der Waals surface area (Å²) < 4.78 is 18.3. The first-order valence-electron chi connectivity index (χ1n) is 3.03. The van der Waals surface area contributed by atoms with Gasteiger partial charge in [0.1, 0.15) is 0 Å². The molecule has 5 heteroatoms. The van der Waals surface area contributed by atoms with Crippen molar-refractivity contribution in [3.8, 4) is 0 Å². The minimum atomic E-state index is -2.75. The molecular formula is C6H10N2O2S. The zero-order valence-corrected chi connectivity index (χ0v) is 7.17. The third-order valence-corrected chi connectivity index (χ3v) is 2.01. The highest BCUT2D eigenvalue weighted by Gasteiger charge is 2.10. The molecule has 11 heavy (non-hydrogen) atoms. The Balaban J connectivity index is 3.06. The highest BCUT2D eigenvalue weighted by molar-refractivity contribution is 8.23. The predicted octanol–water partition coefficient (Wildman–Crippen LogP) is 1.52. The van der Waals surface area contributed by atoms with Gasteiger partial charge in [0.15, 0.2) is 0 Å². The van der Waals surface area contributed by atoms with Crippen molar-refractivity contribution in [3.05, 3.63) is 18.0 Å². The van der Waals surface area contributed by atoms with Gasteiger partial charge in [0.2, 0.25) is 5.16 Å². The van der Waals surface area contributed by atoms with E-state index in [9.17, 15) is 0 Å². The average Bonchev–Trinajstić information content (AvgIpc) is 1.86. The van der Waals surface area contributed by atoms with Crippen LogP contribution in [0.25, 0.3) is 0 Å². The second-order valence-corrected chi connectivity index (χ2v) is 4.35. The molecule has 0 unspecified atom stereocenters. The fraction of sp³-hybridized carbons (Fsp3) is 0.333. The highest BCUT2D eigenvalue weighted by Crippen LogP contribution is 2.40. The van der Waals surface area contributed by atoms with E-state index >= 15 is 0 Å². The number of nitrogens with zero attached hydrogens (tertiary/aromatic N) is 2. The maximum absolute atomic E-state index is 9.13. The van der Waals surface area contributed by atoms with E-state index in [-0.39, 0.29) is 5.16 Å². The van der Waals surface area contributed by atoms with Crippen LogP contribution in [0, 0.1) is 6.92 Å². The maximum Gasteiger partial charge on any atom is 0.241 e. The molecule has 1 aromatic rings. The van der Waals surface area contributed by atoms with Gasteiger partial charge in [-0.3, -0.25) is 9.11 Å². The van der Waals surface area contributed by atoms with Crippen molar-refractivity contribution in [1.82, 2.24) is 9.97 Å². The van der Waals surface area contributed by atoms with Gasteiger partial charge in [-0.1, -0.05) is 0 Å². The zero-order chi connectivity index (χ0) is 8.48. The standard InChI is InChI=1S/C6H10N2O2S/c1-5-3-4-7-6(8-5)11(2,9)10/h3-4,9-10H,1-2H3. The lowest BCUT2D eigenvalue weighted by atomic mass is 10.5. The molecule has 62 valence electrons. The summed E-state index contributed by atoms with van der Waals surface area (Å²) in [5.41, 5.74) is 0.733. The van der Waals surface area contributed by atoms with Crippen molar-refractivity contribution in [2.45, 2.75) is 12.1 Å². The Morgan fingerprint density at radius 1 is 1.45 bits per heavy atom. The molecule has 4 nitrogen and oxygen atoms in total. The van der Waals surface area contributed by atoms with E-state index in [1.807, 2.05) is 0 Å². The van der Waals surface area contributed by atoms with Crippen LogP contribution in [-0.4, -0.2) is 25.3 Å². The van der Waals surface area contributed by atoms with Gasteiger partial charge in [0.25, 0.3) is 0 Å². The van der Waals surface area contributed by atoms with Crippen LogP contribution >= 0.6 is 10.6 Å². The Hall–Kier alpha value is -0.650. The van der Waals surface area contributed by atoms with Gasteiger partial charge in [-0.2, -0.15) is 0 Å². The van der Waals surface area contributed by atoms with Gasteiger partial charge in [-0.15, -0.1) is 10.6 Å². The molecule has 0 aliphatic carbocycles. The average molecular weight is 174 g/mol.